The quantitative estimate of drug-likeness (QED) is 0.697. The monoisotopic (exact) mass is 278 g/mol. The van der Waals surface area contributed by atoms with Gasteiger partial charge in [0.1, 0.15) is 0 Å². The van der Waals surface area contributed by atoms with Gasteiger partial charge < -0.3 is 10.4 Å². The molecule has 0 saturated carbocycles. The Hall–Kier alpha value is -0.660. The number of hydrogen-bond donors (Lipinski definition) is 2. The standard InChI is InChI=1S/C11H22N2O4S/c1-12-7-5-10-4-2-3-8-13(10)18(16,17)9-6-11(14)15/h10,12H,2-9H2,1H3,(H,14,15). The highest BCUT2D eigenvalue weighted by atomic mass is 32.2. The number of carboxylic acids is 1. The molecule has 1 heterocycles. The van der Waals surface area contributed by atoms with Crippen molar-refractivity contribution in [3.05, 3.63) is 0 Å². The highest BCUT2D eigenvalue weighted by Crippen LogP contribution is 2.23. The van der Waals surface area contributed by atoms with Crippen molar-refractivity contribution in [3.8, 4) is 0 Å². The molecule has 1 atom stereocenters. The first-order chi connectivity index (χ1) is 8.47. The maximum atomic E-state index is 12.1. The summed E-state index contributed by atoms with van der Waals surface area (Å²) in [7, 11) is -1.59. The van der Waals surface area contributed by atoms with Gasteiger partial charge in [-0.1, -0.05) is 6.42 Å². The van der Waals surface area contributed by atoms with Crippen molar-refractivity contribution in [1.29, 1.82) is 0 Å². The number of nitrogens with zero attached hydrogens (tertiary/aromatic N) is 1. The number of aliphatic carboxylic acids is 1. The van der Waals surface area contributed by atoms with Gasteiger partial charge in [0.15, 0.2) is 0 Å². The van der Waals surface area contributed by atoms with E-state index >= 15 is 0 Å². The molecule has 0 radical (unpaired) electrons. The zero-order valence-electron chi connectivity index (χ0n) is 10.8. The zero-order chi connectivity index (χ0) is 13.6. The maximum Gasteiger partial charge on any atom is 0.304 e. The molecule has 0 aliphatic carbocycles. The molecule has 0 aromatic heterocycles. The molecule has 7 heteroatoms. The van der Waals surface area contributed by atoms with Crippen LogP contribution < -0.4 is 5.32 Å². The fourth-order valence-electron chi connectivity index (χ4n) is 2.27. The van der Waals surface area contributed by atoms with E-state index in [0.29, 0.717) is 6.54 Å². The Morgan fingerprint density at radius 1 is 1.44 bits per heavy atom. The van der Waals surface area contributed by atoms with Crippen molar-refractivity contribution in [1.82, 2.24) is 9.62 Å². The molecule has 2 N–H and O–H groups in total. The topological polar surface area (TPSA) is 86.7 Å². The normalized spacial score (nSPS) is 21.9. The lowest BCUT2D eigenvalue weighted by Crippen LogP contribution is -2.45. The first-order valence-corrected chi connectivity index (χ1v) is 7.94. The predicted molar refractivity (Wildman–Crippen MR) is 68.9 cm³/mol. The van der Waals surface area contributed by atoms with Crippen molar-refractivity contribution in [3.63, 3.8) is 0 Å². The van der Waals surface area contributed by atoms with Crippen molar-refractivity contribution >= 4 is 16.0 Å². The third kappa shape index (κ3) is 4.55. The van der Waals surface area contributed by atoms with Crippen LogP contribution in [0.5, 0.6) is 0 Å². The number of hydrogen-bond acceptors (Lipinski definition) is 4. The molecule has 0 spiro atoms. The molecule has 18 heavy (non-hydrogen) atoms. The lowest BCUT2D eigenvalue weighted by molar-refractivity contribution is -0.136. The van der Waals surface area contributed by atoms with Crippen LogP contribution in [0.15, 0.2) is 0 Å². The summed E-state index contributed by atoms with van der Waals surface area (Å²) in [5, 5.41) is 11.6. The van der Waals surface area contributed by atoms with Crippen molar-refractivity contribution in [2.45, 2.75) is 38.1 Å². The van der Waals surface area contributed by atoms with E-state index in [9.17, 15) is 13.2 Å². The summed E-state index contributed by atoms with van der Waals surface area (Å²) in [4.78, 5) is 10.5. The van der Waals surface area contributed by atoms with Crippen LogP contribution in [-0.2, 0) is 14.8 Å². The minimum absolute atomic E-state index is 0.0185. The van der Waals surface area contributed by atoms with E-state index in [0.717, 1.165) is 32.2 Å². The lowest BCUT2D eigenvalue weighted by Gasteiger charge is -2.34. The highest BCUT2D eigenvalue weighted by molar-refractivity contribution is 7.89. The molecule has 0 aromatic rings. The number of carbonyl (C=O) groups is 1. The van der Waals surface area contributed by atoms with Gasteiger partial charge in [-0.2, -0.15) is 4.31 Å². The van der Waals surface area contributed by atoms with Crippen LogP contribution in [0.3, 0.4) is 0 Å². The zero-order valence-corrected chi connectivity index (χ0v) is 11.6. The second-order valence-corrected chi connectivity index (χ2v) is 6.65. The third-order valence-corrected chi connectivity index (χ3v) is 5.15. The van der Waals surface area contributed by atoms with Gasteiger partial charge in [-0.05, 0) is 32.9 Å². The Bertz CT molecular complexity index is 369. The number of nitrogens with one attached hydrogen (secondary N) is 1. The van der Waals surface area contributed by atoms with Gasteiger partial charge in [0.2, 0.25) is 10.0 Å². The first-order valence-electron chi connectivity index (χ1n) is 6.33. The molecule has 1 unspecified atom stereocenters. The van der Waals surface area contributed by atoms with Crippen LogP contribution in [0, 0.1) is 0 Å². The van der Waals surface area contributed by atoms with Gasteiger partial charge in [0.05, 0.1) is 12.2 Å². The molecule has 6 nitrogen and oxygen atoms in total. The molecule has 0 aromatic carbocycles. The average molecular weight is 278 g/mol. The van der Waals surface area contributed by atoms with E-state index in [4.69, 9.17) is 5.11 Å². The van der Waals surface area contributed by atoms with Gasteiger partial charge >= 0.3 is 5.97 Å². The fourth-order valence-corrected chi connectivity index (χ4v) is 4.01. The lowest BCUT2D eigenvalue weighted by atomic mass is 10.0. The van der Waals surface area contributed by atoms with Crippen molar-refractivity contribution < 1.29 is 18.3 Å². The summed E-state index contributed by atoms with van der Waals surface area (Å²) in [6.07, 6.45) is 3.23. The van der Waals surface area contributed by atoms with Gasteiger partial charge in [-0.3, -0.25) is 4.79 Å². The second-order valence-electron chi connectivity index (χ2n) is 4.61. The Morgan fingerprint density at radius 2 is 2.17 bits per heavy atom. The summed E-state index contributed by atoms with van der Waals surface area (Å²) < 4.78 is 25.7. The molecule has 1 rings (SSSR count). The molecular formula is C11H22N2O4S. The number of carboxylic acid groups (broad SMARTS) is 1. The smallest absolute Gasteiger partial charge is 0.304 e. The van der Waals surface area contributed by atoms with Crippen LogP contribution in [-0.4, -0.2) is 55.7 Å². The molecule has 1 aliphatic rings. The Morgan fingerprint density at radius 3 is 2.78 bits per heavy atom. The van der Waals surface area contributed by atoms with Crippen molar-refractivity contribution in [2.75, 3.05) is 25.9 Å². The fraction of sp³-hybridized carbons (Fsp3) is 0.909. The number of rotatable bonds is 7. The van der Waals surface area contributed by atoms with Crippen LogP contribution in [0.1, 0.15) is 32.1 Å². The van der Waals surface area contributed by atoms with E-state index in [1.165, 1.54) is 4.31 Å². The molecule has 1 saturated heterocycles. The van der Waals surface area contributed by atoms with Crippen LogP contribution in [0.25, 0.3) is 0 Å². The van der Waals surface area contributed by atoms with Gasteiger partial charge in [0, 0.05) is 12.6 Å². The van der Waals surface area contributed by atoms with Gasteiger partial charge in [-0.15, -0.1) is 0 Å². The van der Waals surface area contributed by atoms with Crippen LogP contribution >= 0.6 is 0 Å². The predicted octanol–water partition coefficient (Wildman–Crippen LogP) is 0.255. The second kappa shape index (κ2) is 7.06. The SMILES string of the molecule is CNCCC1CCCCN1S(=O)(=O)CCC(=O)O. The first kappa shape index (κ1) is 15.4. The van der Waals surface area contributed by atoms with E-state index in [2.05, 4.69) is 5.32 Å². The summed E-state index contributed by atoms with van der Waals surface area (Å²) in [6, 6.07) is 0.0185. The molecular weight excluding hydrogens is 256 g/mol. The Labute approximate surface area is 108 Å². The van der Waals surface area contributed by atoms with E-state index in [1.54, 1.807) is 0 Å². The summed E-state index contributed by atoms with van der Waals surface area (Å²) in [6.45, 7) is 1.30. The molecule has 1 fully saturated rings. The minimum Gasteiger partial charge on any atom is -0.481 e. The maximum absolute atomic E-state index is 12.1. The Kier molecular flexibility index (Phi) is 6.04. The van der Waals surface area contributed by atoms with Gasteiger partial charge in [-0.25, -0.2) is 8.42 Å². The largest absolute Gasteiger partial charge is 0.481 e. The molecule has 106 valence electrons. The van der Waals surface area contributed by atoms with Crippen LogP contribution in [0.4, 0.5) is 0 Å². The summed E-state index contributed by atoms with van der Waals surface area (Å²) >= 11 is 0. The number of piperidine rings is 1. The summed E-state index contributed by atoms with van der Waals surface area (Å²) in [5.74, 6) is -1.36. The molecule has 0 bridgehead atoms. The molecule has 0 amide bonds. The average Bonchev–Trinajstić information content (AvgIpc) is 2.34. The van der Waals surface area contributed by atoms with Gasteiger partial charge in [0.25, 0.3) is 0 Å². The number of sulfonamides is 1. The molecule has 1 aliphatic heterocycles. The highest BCUT2D eigenvalue weighted by Gasteiger charge is 2.31. The van der Waals surface area contributed by atoms with Crippen LogP contribution in [0.2, 0.25) is 0 Å². The van der Waals surface area contributed by atoms with Crippen molar-refractivity contribution in [2.24, 2.45) is 0 Å². The van der Waals surface area contributed by atoms with E-state index < -0.39 is 16.0 Å². The third-order valence-electron chi connectivity index (χ3n) is 3.23. The Balaban J connectivity index is 2.66. The van der Waals surface area contributed by atoms with E-state index in [1.807, 2.05) is 7.05 Å². The minimum atomic E-state index is -3.43. The van der Waals surface area contributed by atoms with E-state index in [-0.39, 0.29) is 18.2 Å². The summed E-state index contributed by atoms with van der Waals surface area (Å²) in [5.41, 5.74) is 0.